The van der Waals surface area contributed by atoms with Crippen molar-refractivity contribution in [2.45, 2.75) is 32.6 Å². The molecule has 2 aromatic rings. The van der Waals surface area contributed by atoms with Gasteiger partial charge >= 0.3 is 6.09 Å². The summed E-state index contributed by atoms with van der Waals surface area (Å²) in [4.78, 5) is 15.4. The summed E-state index contributed by atoms with van der Waals surface area (Å²) in [5.41, 5.74) is 3.26. The van der Waals surface area contributed by atoms with Crippen LogP contribution in [0.2, 0.25) is 0 Å². The van der Waals surface area contributed by atoms with Gasteiger partial charge in [-0.25, -0.2) is 4.79 Å². The first-order chi connectivity index (χ1) is 9.88. The molecule has 1 aliphatic heterocycles. The van der Waals surface area contributed by atoms with Gasteiger partial charge in [0.05, 0.1) is 10.6 Å². The molecule has 0 atom stereocenters. The first-order valence-electron chi connectivity index (χ1n) is 7.11. The largest absolute Gasteiger partial charge is 0.465 e. The van der Waals surface area contributed by atoms with Crippen LogP contribution in [0.15, 0.2) is 30.3 Å². The van der Waals surface area contributed by atoms with Crippen molar-refractivity contribution >= 4 is 23.1 Å². The molecular weight excluding hydrogens is 282 g/mol. The molecule has 1 N–H and O–H groups in total. The first-order valence-corrected chi connectivity index (χ1v) is 7.92. The number of benzene rings is 1. The van der Waals surface area contributed by atoms with E-state index in [0.29, 0.717) is 6.54 Å². The fourth-order valence-electron chi connectivity index (χ4n) is 2.66. The highest BCUT2D eigenvalue weighted by molar-refractivity contribution is 7.16. The summed E-state index contributed by atoms with van der Waals surface area (Å²) in [6.45, 7) is 7.00. The highest BCUT2D eigenvalue weighted by atomic mass is 32.1. The number of anilines is 1. The summed E-state index contributed by atoms with van der Waals surface area (Å²) in [6.07, 6.45) is -0.114. The molecule has 21 heavy (non-hydrogen) atoms. The fraction of sp³-hybridized carbons (Fsp3) is 0.353. The normalized spacial score (nSPS) is 14.3. The molecule has 3 nitrogen and oxygen atoms in total. The van der Waals surface area contributed by atoms with Crippen LogP contribution in [0.25, 0.3) is 10.4 Å². The lowest BCUT2D eigenvalue weighted by molar-refractivity contribution is 0.202. The lowest BCUT2D eigenvalue weighted by Gasteiger charge is -2.18. The molecule has 0 radical (unpaired) electrons. The second-order valence-corrected chi connectivity index (χ2v) is 7.47. The molecule has 2 heterocycles. The Labute approximate surface area is 128 Å². The van der Waals surface area contributed by atoms with Crippen molar-refractivity contribution < 1.29 is 9.90 Å². The SMILES string of the molecule is CC(C)(C)c1cc2c(s1)-c1ccccc1CCN2C(=O)O. The molecule has 0 fully saturated rings. The molecular formula is C17H19NO2S. The van der Waals surface area contributed by atoms with Crippen molar-refractivity contribution in [3.63, 3.8) is 0 Å². The van der Waals surface area contributed by atoms with Crippen LogP contribution < -0.4 is 4.90 Å². The van der Waals surface area contributed by atoms with Crippen LogP contribution in [0.5, 0.6) is 0 Å². The molecule has 1 aliphatic rings. The number of fused-ring (bicyclic) bond motifs is 3. The Kier molecular flexibility index (Phi) is 3.29. The molecule has 0 unspecified atom stereocenters. The van der Waals surface area contributed by atoms with E-state index in [0.717, 1.165) is 17.0 Å². The molecule has 0 bridgehead atoms. The summed E-state index contributed by atoms with van der Waals surface area (Å²) in [5.74, 6) is 0. The average Bonchev–Trinajstić information content (AvgIpc) is 2.78. The number of carbonyl (C=O) groups is 1. The van der Waals surface area contributed by atoms with Crippen LogP contribution in [-0.4, -0.2) is 17.7 Å². The summed E-state index contributed by atoms with van der Waals surface area (Å²) >= 11 is 1.71. The number of carboxylic acid groups (broad SMARTS) is 1. The molecule has 3 rings (SSSR count). The third kappa shape index (κ3) is 2.44. The van der Waals surface area contributed by atoms with Gasteiger partial charge in [-0.2, -0.15) is 0 Å². The van der Waals surface area contributed by atoms with Crippen LogP contribution in [0.3, 0.4) is 0 Å². The Morgan fingerprint density at radius 3 is 2.67 bits per heavy atom. The predicted octanol–water partition coefficient (Wildman–Crippen LogP) is 4.75. The summed E-state index contributed by atoms with van der Waals surface area (Å²) in [6, 6.07) is 10.3. The molecule has 0 saturated carbocycles. The summed E-state index contributed by atoms with van der Waals surface area (Å²) < 4.78 is 0. The number of hydrogen-bond donors (Lipinski definition) is 1. The third-order valence-corrected chi connectivity index (χ3v) is 5.42. The highest BCUT2D eigenvalue weighted by Crippen LogP contribution is 2.45. The van der Waals surface area contributed by atoms with E-state index in [4.69, 9.17) is 0 Å². The van der Waals surface area contributed by atoms with Gasteiger partial charge in [0, 0.05) is 11.4 Å². The van der Waals surface area contributed by atoms with Crippen LogP contribution in [0.4, 0.5) is 10.5 Å². The van der Waals surface area contributed by atoms with Crippen LogP contribution in [0, 0.1) is 0 Å². The molecule has 1 aromatic heterocycles. The van der Waals surface area contributed by atoms with Crippen molar-refractivity contribution in [2.75, 3.05) is 11.4 Å². The van der Waals surface area contributed by atoms with Gasteiger partial charge < -0.3 is 5.11 Å². The van der Waals surface area contributed by atoms with Crippen molar-refractivity contribution in [1.29, 1.82) is 0 Å². The summed E-state index contributed by atoms with van der Waals surface area (Å²) in [7, 11) is 0. The second kappa shape index (κ2) is 4.88. The smallest absolute Gasteiger partial charge is 0.411 e. The molecule has 4 heteroatoms. The van der Waals surface area contributed by atoms with E-state index in [1.807, 2.05) is 12.1 Å². The molecule has 0 saturated heterocycles. The lowest BCUT2D eigenvalue weighted by Crippen LogP contribution is -2.30. The molecule has 0 spiro atoms. The first kappa shape index (κ1) is 14.1. The molecule has 1 amide bonds. The second-order valence-electron chi connectivity index (χ2n) is 6.42. The minimum atomic E-state index is -0.873. The van der Waals surface area contributed by atoms with E-state index in [-0.39, 0.29) is 5.41 Å². The maximum absolute atomic E-state index is 11.6. The Morgan fingerprint density at radius 2 is 2.00 bits per heavy atom. The maximum Gasteiger partial charge on any atom is 0.411 e. The van der Waals surface area contributed by atoms with E-state index in [9.17, 15) is 9.90 Å². The zero-order valence-electron chi connectivity index (χ0n) is 12.5. The van der Waals surface area contributed by atoms with Gasteiger partial charge in [0.2, 0.25) is 0 Å². The monoisotopic (exact) mass is 301 g/mol. The molecule has 0 aliphatic carbocycles. The van der Waals surface area contributed by atoms with E-state index in [2.05, 4.69) is 39.0 Å². The Bertz CT molecular complexity index is 697. The zero-order valence-corrected chi connectivity index (χ0v) is 13.3. The average molecular weight is 301 g/mol. The van der Waals surface area contributed by atoms with Gasteiger partial charge in [-0.1, -0.05) is 45.0 Å². The van der Waals surface area contributed by atoms with Crippen molar-refractivity contribution in [3.8, 4) is 10.4 Å². The van der Waals surface area contributed by atoms with Gasteiger partial charge in [-0.15, -0.1) is 11.3 Å². The van der Waals surface area contributed by atoms with Crippen LogP contribution >= 0.6 is 11.3 Å². The van der Waals surface area contributed by atoms with Crippen molar-refractivity contribution in [3.05, 3.63) is 40.8 Å². The van der Waals surface area contributed by atoms with Crippen LogP contribution in [0.1, 0.15) is 31.2 Å². The lowest BCUT2D eigenvalue weighted by atomic mass is 9.94. The van der Waals surface area contributed by atoms with Crippen LogP contribution in [-0.2, 0) is 11.8 Å². The van der Waals surface area contributed by atoms with Crippen molar-refractivity contribution in [1.82, 2.24) is 0 Å². The number of thiophene rings is 1. The fourth-order valence-corrected chi connectivity index (χ4v) is 3.94. The van der Waals surface area contributed by atoms with Gasteiger partial charge in [-0.3, -0.25) is 4.90 Å². The van der Waals surface area contributed by atoms with Gasteiger partial charge in [0.25, 0.3) is 0 Å². The standard InChI is InChI=1S/C17H19NO2S/c1-17(2,3)14-10-13-15(21-14)12-7-5-4-6-11(12)8-9-18(13)16(19)20/h4-7,10H,8-9H2,1-3H3,(H,19,20). The Balaban J connectivity index is 2.24. The highest BCUT2D eigenvalue weighted by Gasteiger charge is 2.28. The molecule has 1 aromatic carbocycles. The quantitative estimate of drug-likeness (QED) is 0.762. The number of amides is 1. The van der Waals surface area contributed by atoms with Gasteiger partial charge in [0.1, 0.15) is 0 Å². The van der Waals surface area contributed by atoms with E-state index < -0.39 is 6.09 Å². The van der Waals surface area contributed by atoms with E-state index >= 15 is 0 Å². The van der Waals surface area contributed by atoms with E-state index in [1.54, 1.807) is 11.3 Å². The van der Waals surface area contributed by atoms with Gasteiger partial charge in [-0.05, 0) is 29.0 Å². The van der Waals surface area contributed by atoms with Gasteiger partial charge in [0.15, 0.2) is 0 Å². The third-order valence-electron chi connectivity index (χ3n) is 3.84. The Morgan fingerprint density at radius 1 is 1.29 bits per heavy atom. The minimum Gasteiger partial charge on any atom is -0.465 e. The van der Waals surface area contributed by atoms with Crippen molar-refractivity contribution in [2.24, 2.45) is 0 Å². The molecule has 110 valence electrons. The topological polar surface area (TPSA) is 40.5 Å². The number of hydrogen-bond acceptors (Lipinski definition) is 2. The summed E-state index contributed by atoms with van der Waals surface area (Å²) in [5, 5.41) is 9.53. The maximum atomic E-state index is 11.6. The predicted molar refractivity (Wildman–Crippen MR) is 87.5 cm³/mol. The number of nitrogens with zero attached hydrogens (tertiary/aromatic N) is 1. The zero-order chi connectivity index (χ0) is 15.2. The minimum absolute atomic E-state index is 0.0238. The Hall–Kier alpha value is -1.81. The van der Waals surface area contributed by atoms with E-state index in [1.165, 1.54) is 20.9 Å². The number of rotatable bonds is 0.